The number of anilines is 1. The van der Waals surface area contributed by atoms with Crippen molar-refractivity contribution in [3.8, 4) is 0 Å². The highest BCUT2D eigenvalue weighted by molar-refractivity contribution is 5.90. The topological polar surface area (TPSA) is 90.1 Å². The summed E-state index contributed by atoms with van der Waals surface area (Å²) in [4.78, 5) is 21.3. The van der Waals surface area contributed by atoms with Gasteiger partial charge in [0.15, 0.2) is 23.3 Å². The number of aromatic nitrogens is 2. The number of rotatable bonds is 4. The number of hydrogen-bond donors (Lipinski definition) is 1. The van der Waals surface area contributed by atoms with E-state index in [0.717, 1.165) is 6.92 Å². The molecule has 1 aromatic carbocycles. The van der Waals surface area contributed by atoms with Crippen LogP contribution in [0.5, 0.6) is 0 Å². The molecule has 0 fully saturated rings. The first-order chi connectivity index (χ1) is 12.3. The number of benzene rings is 1. The molecule has 0 saturated carbocycles. The minimum atomic E-state index is -5.21. The van der Waals surface area contributed by atoms with E-state index in [9.17, 15) is 45.6 Å². The zero-order valence-corrected chi connectivity index (χ0v) is 13.0. The Morgan fingerprint density at radius 1 is 1.22 bits per heavy atom. The molecule has 1 heterocycles. The van der Waals surface area contributed by atoms with Gasteiger partial charge < -0.3 is 5.32 Å². The summed E-state index contributed by atoms with van der Waals surface area (Å²) in [5.41, 5.74) is -5.47. The van der Waals surface area contributed by atoms with Gasteiger partial charge in [0.05, 0.1) is 4.92 Å². The molecule has 2 rings (SSSR count). The van der Waals surface area contributed by atoms with Gasteiger partial charge in [0.25, 0.3) is 0 Å². The Bertz CT molecular complexity index is 913. The molecular formula is C13H7F7N4O3. The molecule has 2 aromatic rings. The van der Waals surface area contributed by atoms with Crippen LogP contribution in [-0.4, -0.2) is 20.6 Å². The number of halogens is 7. The first-order valence-electron chi connectivity index (χ1n) is 6.76. The number of amides is 1. The summed E-state index contributed by atoms with van der Waals surface area (Å²) in [5, 5.41) is 15.2. The second-order valence-electron chi connectivity index (χ2n) is 5.09. The third kappa shape index (κ3) is 3.83. The van der Waals surface area contributed by atoms with Crippen molar-refractivity contribution in [3.63, 3.8) is 0 Å². The van der Waals surface area contributed by atoms with E-state index in [2.05, 4.69) is 5.10 Å². The Labute approximate surface area is 144 Å². The Hall–Kier alpha value is -3.19. The van der Waals surface area contributed by atoms with Crippen LogP contribution in [0.2, 0.25) is 0 Å². The lowest BCUT2D eigenvalue weighted by Crippen LogP contribution is -2.22. The average Bonchev–Trinajstić information content (AvgIpc) is 2.87. The summed E-state index contributed by atoms with van der Waals surface area (Å²) in [6.07, 6.45) is -5.21. The van der Waals surface area contributed by atoms with Crippen molar-refractivity contribution < 1.29 is 40.5 Å². The zero-order chi connectivity index (χ0) is 20.7. The maximum absolute atomic E-state index is 13.5. The number of nitro groups is 1. The molecule has 14 heteroatoms. The molecule has 0 saturated heterocycles. The predicted octanol–water partition coefficient (Wildman–Crippen LogP) is 3.31. The Balaban J connectivity index is 2.37. The summed E-state index contributed by atoms with van der Waals surface area (Å²) in [7, 11) is 0. The molecule has 0 atom stereocenters. The van der Waals surface area contributed by atoms with E-state index < -0.39 is 69.6 Å². The van der Waals surface area contributed by atoms with Gasteiger partial charge in [-0.25, -0.2) is 17.6 Å². The van der Waals surface area contributed by atoms with Gasteiger partial charge in [-0.15, -0.1) is 0 Å². The Kier molecular flexibility index (Phi) is 5.10. The number of hydrogen-bond acceptors (Lipinski definition) is 4. The van der Waals surface area contributed by atoms with Gasteiger partial charge in [-0.1, -0.05) is 0 Å². The molecule has 7 nitrogen and oxygen atoms in total. The van der Waals surface area contributed by atoms with E-state index >= 15 is 0 Å². The number of alkyl halides is 3. The number of nitrogens with zero attached hydrogens (tertiary/aromatic N) is 3. The Morgan fingerprint density at radius 3 is 2.15 bits per heavy atom. The lowest BCUT2D eigenvalue weighted by molar-refractivity contribution is -0.388. The first-order valence-corrected chi connectivity index (χ1v) is 6.76. The highest BCUT2D eigenvalue weighted by atomic mass is 19.4. The van der Waals surface area contributed by atoms with Gasteiger partial charge in [0.1, 0.15) is 17.9 Å². The van der Waals surface area contributed by atoms with E-state index in [4.69, 9.17) is 0 Å². The SMILES string of the molecule is Cc1c([N+](=O)[O-])c(C(F)(F)F)nn1CC(=O)Nc1c(F)c(F)cc(F)c1F. The molecule has 0 spiro atoms. The monoisotopic (exact) mass is 400 g/mol. The number of carbonyl (C=O) groups is 1. The van der Waals surface area contributed by atoms with E-state index in [-0.39, 0.29) is 10.7 Å². The molecule has 1 amide bonds. The molecule has 1 N–H and O–H groups in total. The standard InChI is InChI=1S/C13H7F7N4O3/c1-4-11(24(26)27)12(13(18,19)20)22-23(4)3-7(25)21-10-8(16)5(14)2-6(15)9(10)17/h2H,3H2,1H3,(H,21,25). The van der Waals surface area contributed by atoms with Crippen molar-refractivity contribution >= 4 is 17.3 Å². The molecule has 0 bridgehead atoms. The van der Waals surface area contributed by atoms with Crippen molar-refractivity contribution in [1.82, 2.24) is 9.78 Å². The molecule has 0 aliphatic carbocycles. The van der Waals surface area contributed by atoms with E-state index in [1.807, 2.05) is 0 Å². The van der Waals surface area contributed by atoms with Crippen LogP contribution in [0.4, 0.5) is 42.1 Å². The predicted molar refractivity (Wildman–Crippen MR) is 73.5 cm³/mol. The third-order valence-corrected chi connectivity index (χ3v) is 3.30. The second kappa shape index (κ2) is 6.85. The largest absolute Gasteiger partial charge is 0.442 e. The molecule has 0 radical (unpaired) electrons. The van der Waals surface area contributed by atoms with Crippen LogP contribution >= 0.6 is 0 Å². The van der Waals surface area contributed by atoms with Gasteiger partial charge in [-0.05, 0) is 6.92 Å². The lowest BCUT2D eigenvalue weighted by Gasteiger charge is -2.09. The van der Waals surface area contributed by atoms with Crippen molar-refractivity contribution in [2.24, 2.45) is 0 Å². The van der Waals surface area contributed by atoms with E-state index in [1.165, 1.54) is 5.32 Å². The van der Waals surface area contributed by atoms with Gasteiger partial charge in [-0.3, -0.25) is 19.6 Å². The fraction of sp³-hybridized carbons (Fsp3) is 0.231. The summed E-state index contributed by atoms with van der Waals surface area (Å²) in [5.74, 6) is -8.97. The lowest BCUT2D eigenvalue weighted by atomic mass is 10.2. The average molecular weight is 400 g/mol. The molecule has 1 aromatic heterocycles. The quantitative estimate of drug-likeness (QED) is 0.369. The number of carbonyl (C=O) groups excluding carboxylic acids is 1. The molecular weight excluding hydrogens is 393 g/mol. The summed E-state index contributed by atoms with van der Waals surface area (Å²) < 4.78 is 91.9. The van der Waals surface area contributed by atoms with Gasteiger partial charge in [0, 0.05) is 6.07 Å². The van der Waals surface area contributed by atoms with Gasteiger partial charge >= 0.3 is 11.9 Å². The Morgan fingerprint density at radius 2 is 1.74 bits per heavy atom. The maximum atomic E-state index is 13.5. The second-order valence-corrected chi connectivity index (χ2v) is 5.09. The van der Waals surface area contributed by atoms with Crippen LogP contribution in [-0.2, 0) is 17.5 Å². The fourth-order valence-electron chi connectivity index (χ4n) is 2.10. The van der Waals surface area contributed by atoms with Crippen molar-refractivity contribution in [3.05, 3.63) is 50.8 Å². The smallest absolute Gasteiger partial charge is 0.319 e. The number of nitrogens with one attached hydrogen (secondary N) is 1. The summed E-state index contributed by atoms with van der Waals surface area (Å²) in [6.45, 7) is -0.295. The summed E-state index contributed by atoms with van der Waals surface area (Å²) in [6, 6.07) is -0.114. The summed E-state index contributed by atoms with van der Waals surface area (Å²) >= 11 is 0. The molecule has 0 unspecified atom stereocenters. The molecule has 27 heavy (non-hydrogen) atoms. The van der Waals surface area contributed by atoms with Crippen LogP contribution in [0.25, 0.3) is 0 Å². The van der Waals surface area contributed by atoms with Gasteiger partial charge in [0.2, 0.25) is 11.6 Å². The molecule has 0 aliphatic rings. The minimum Gasteiger partial charge on any atom is -0.319 e. The maximum Gasteiger partial charge on any atom is 0.442 e. The molecule has 0 aliphatic heterocycles. The van der Waals surface area contributed by atoms with Crippen LogP contribution in [0, 0.1) is 40.3 Å². The van der Waals surface area contributed by atoms with Crippen molar-refractivity contribution in [2.45, 2.75) is 19.6 Å². The highest BCUT2D eigenvalue weighted by Crippen LogP contribution is 2.37. The van der Waals surface area contributed by atoms with Gasteiger partial charge in [-0.2, -0.15) is 18.3 Å². The normalized spacial score (nSPS) is 11.6. The minimum absolute atomic E-state index is 0.114. The van der Waals surface area contributed by atoms with Crippen LogP contribution in [0.1, 0.15) is 11.4 Å². The fourth-order valence-corrected chi connectivity index (χ4v) is 2.10. The zero-order valence-electron chi connectivity index (χ0n) is 13.0. The van der Waals surface area contributed by atoms with Crippen LogP contribution in [0.15, 0.2) is 6.07 Å². The molecule has 146 valence electrons. The van der Waals surface area contributed by atoms with Crippen molar-refractivity contribution in [1.29, 1.82) is 0 Å². The van der Waals surface area contributed by atoms with Crippen molar-refractivity contribution in [2.75, 3.05) is 5.32 Å². The first kappa shape index (κ1) is 20.1. The van der Waals surface area contributed by atoms with Crippen LogP contribution < -0.4 is 5.32 Å². The highest BCUT2D eigenvalue weighted by Gasteiger charge is 2.44. The van der Waals surface area contributed by atoms with E-state index in [1.54, 1.807) is 0 Å². The third-order valence-electron chi connectivity index (χ3n) is 3.30. The van der Waals surface area contributed by atoms with Crippen LogP contribution in [0.3, 0.4) is 0 Å². The van der Waals surface area contributed by atoms with E-state index in [0.29, 0.717) is 0 Å².